The number of fused-ring (bicyclic) bond motifs is 1. The van der Waals surface area contributed by atoms with Crippen LogP contribution in [-0.4, -0.2) is 16.0 Å². The van der Waals surface area contributed by atoms with Crippen molar-refractivity contribution in [3.05, 3.63) is 65.0 Å². The number of benzene rings is 2. The summed E-state index contributed by atoms with van der Waals surface area (Å²) in [6.07, 6.45) is 0.380. The molecule has 0 fully saturated rings. The minimum Gasteiger partial charge on any atom is -0.508 e. The Morgan fingerprint density at radius 1 is 1.12 bits per heavy atom. The van der Waals surface area contributed by atoms with Crippen molar-refractivity contribution in [2.24, 2.45) is 0 Å². The molecule has 1 aliphatic heterocycles. The van der Waals surface area contributed by atoms with E-state index in [1.807, 2.05) is 42.5 Å². The van der Waals surface area contributed by atoms with Crippen molar-refractivity contribution < 1.29 is 9.90 Å². The number of aromatic hydroxyl groups is 1. The molecule has 0 unspecified atom stereocenters. The standard InChI is InChI=1S/C18H15N3O2S/c22-13-8-6-11(7-9-13)14-10-15(23)20-17-16(14)24-18(21-17)19-12-4-2-1-3-5-12/h1-9,14,22H,10H2,(H,19,21)(H,20,23)/t14-/m0/s1. The summed E-state index contributed by atoms with van der Waals surface area (Å²) in [5, 5.41) is 16.3. The Morgan fingerprint density at radius 2 is 1.88 bits per heavy atom. The van der Waals surface area contributed by atoms with Gasteiger partial charge in [-0.15, -0.1) is 0 Å². The Morgan fingerprint density at radius 3 is 2.62 bits per heavy atom. The molecule has 2 heterocycles. The number of aromatic nitrogens is 1. The molecule has 0 spiro atoms. The molecule has 0 saturated heterocycles. The number of phenolic OH excluding ortho intramolecular Hbond substituents is 1. The van der Waals surface area contributed by atoms with Crippen molar-refractivity contribution >= 4 is 33.9 Å². The fourth-order valence-electron chi connectivity index (χ4n) is 2.79. The summed E-state index contributed by atoms with van der Waals surface area (Å²) in [5.74, 6) is 0.748. The molecule has 0 bridgehead atoms. The summed E-state index contributed by atoms with van der Waals surface area (Å²) in [6, 6.07) is 16.8. The van der Waals surface area contributed by atoms with Crippen molar-refractivity contribution in [2.45, 2.75) is 12.3 Å². The van der Waals surface area contributed by atoms with Crippen molar-refractivity contribution in [3.63, 3.8) is 0 Å². The summed E-state index contributed by atoms with van der Waals surface area (Å²) in [6.45, 7) is 0. The monoisotopic (exact) mass is 337 g/mol. The first kappa shape index (κ1) is 14.7. The smallest absolute Gasteiger partial charge is 0.226 e. The van der Waals surface area contributed by atoms with Gasteiger partial charge in [0.1, 0.15) is 11.6 Å². The molecule has 0 radical (unpaired) electrons. The first-order chi connectivity index (χ1) is 11.7. The number of anilines is 3. The zero-order chi connectivity index (χ0) is 16.5. The molecule has 0 saturated carbocycles. The number of hydrogen-bond donors (Lipinski definition) is 3. The topological polar surface area (TPSA) is 74.2 Å². The van der Waals surface area contributed by atoms with Gasteiger partial charge in [-0.1, -0.05) is 41.7 Å². The molecular formula is C18H15N3O2S. The van der Waals surface area contributed by atoms with Gasteiger partial charge in [0.05, 0.1) is 4.88 Å². The average molecular weight is 337 g/mol. The van der Waals surface area contributed by atoms with Crippen LogP contribution in [0.5, 0.6) is 5.75 Å². The summed E-state index contributed by atoms with van der Waals surface area (Å²) in [4.78, 5) is 17.6. The molecule has 24 heavy (non-hydrogen) atoms. The predicted molar refractivity (Wildman–Crippen MR) is 95.0 cm³/mol. The number of nitrogens with one attached hydrogen (secondary N) is 2. The SMILES string of the molecule is O=C1C[C@@H](c2ccc(O)cc2)c2sc(Nc3ccccc3)nc2N1. The molecule has 120 valence electrons. The van der Waals surface area contributed by atoms with Crippen LogP contribution in [0.15, 0.2) is 54.6 Å². The first-order valence-electron chi connectivity index (χ1n) is 7.60. The number of carbonyl (C=O) groups is 1. The second-order valence-corrected chi connectivity index (χ2v) is 6.65. The second kappa shape index (κ2) is 5.98. The zero-order valence-electron chi connectivity index (χ0n) is 12.7. The third-order valence-electron chi connectivity index (χ3n) is 3.94. The largest absolute Gasteiger partial charge is 0.508 e. The molecule has 3 N–H and O–H groups in total. The van der Waals surface area contributed by atoms with E-state index in [9.17, 15) is 9.90 Å². The van der Waals surface area contributed by atoms with Gasteiger partial charge in [0, 0.05) is 18.0 Å². The average Bonchev–Trinajstić information content (AvgIpc) is 2.98. The Kier molecular flexibility index (Phi) is 3.66. The maximum absolute atomic E-state index is 12.0. The summed E-state index contributed by atoms with van der Waals surface area (Å²) >= 11 is 1.54. The quantitative estimate of drug-likeness (QED) is 0.673. The molecule has 1 atom stereocenters. The van der Waals surface area contributed by atoms with Crippen molar-refractivity contribution in [1.82, 2.24) is 4.98 Å². The second-order valence-electron chi connectivity index (χ2n) is 5.62. The van der Waals surface area contributed by atoms with E-state index in [2.05, 4.69) is 15.6 Å². The highest BCUT2D eigenvalue weighted by Crippen LogP contribution is 2.43. The number of thiazole rings is 1. The number of nitrogens with zero attached hydrogens (tertiary/aromatic N) is 1. The lowest BCUT2D eigenvalue weighted by molar-refractivity contribution is -0.116. The van der Waals surface area contributed by atoms with Crippen molar-refractivity contribution in [1.29, 1.82) is 0 Å². The summed E-state index contributed by atoms with van der Waals surface area (Å²) in [5.41, 5.74) is 1.95. The molecule has 3 aromatic rings. The summed E-state index contributed by atoms with van der Waals surface area (Å²) in [7, 11) is 0. The lowest BCUT2D eigenvalue weighted by Crippen LogP contribution is -2.22. The third kappa shape index (κ3) is 2.83. The number of hydrogen-bond acceptors (Lipinski definition) is 5. The van der Waals surface area contributed by atoms with Crippen LogP contribution >= 0.6 is 11.3 Å². The van der Waals surface area contributed by atoms with Crippen LogP contribution in [0.2, 0.25) is 0 Å². The van der Waals surface area contributed by atoms with Gasteiger partial charge in [-0.25, -0.2) is 4.98 Å². The van der Waals surface area contributed by atoms with Gasteiger partial charge < -0.3 is 15.7 Å². The van der Waals surface area contributed by atoms with E-state index < -0.39 is 0 Å². The van der Waals surface area contributed by atoms with E-state index in [0.717, 1.165) is 21.3 Å². The molecule has 2 aromatic carbocycles. The number of carbonyl (C=O) groups excluding carboxylic acids is 1. The molecule has 1 aliphatic rings. The fourth-order valence-corrected chi connectivity index (χ4v) is 3.86. The van der Waals surface area contributed by atoms with Gasteiger partial charge in [0.25, 0.3) is 0 Å². The maximum atomic E-state index is 12.0. The number of para-hydroxylation sites is 1. The third-order valence-corrected chi connectivity index (χ3v) is 5.02. The van der Waals surface area contributed by atoms with Gasteiger partial charge >= 0.3 is 0 Å². The molecule has 1 amide bonds. The predicted octanol–water partition coefficient (Wildman–Crippen LogP) is 4.07. The van der Waals surface area contributed by atoms with Crippen LogP contribution in [0.25, 0.3) is 0 Å². The van der Waals surface area contributed by atoms with E-state index in [1.54, 1.807) is 12.1 Å². The molecule has 6 heteroatoms. The fraction of sp³-hybridized carbons (Fsp3) is 0.111. The molecule has 0 aliphatic carbocycles. The number of rotatable bonds is 3. The highest BCUT2D eigenvalue weighted by molar-refractivity contribution is 7.16. The van der Waals surface area contributed by atoms with Gasteiger partial charge in [0.15, 0.2) is 5.13 Å². The molecule has 1 aromatic heterocycles. The van der Waals surface area contributed by atoms with Crippen molar-refractivity contribution in [3.8, 4) is 5.75 Å². The van der Waals surface area contributed by atoms with Crippen LogP contribution < -0.4 is 10.6 Å². The highest BCUT2D eigenvalue weighted by atomic mass is 32.1. The van der Waals surface area contributed by atoms with Crippen LogP contribution in [0.1, 0.15) is 22.8 Å². The van der Waals surface area contributed by atoms with Gasteiger partial charge in [-0.2, -0.15) is 0 Å². The van der Waals surface area contributed by atoms with Crippen LogP contribution in [-0.2, 0) is 4.79 Å². The van der Waals surface area contributed by atoms with Crippen LogP contribution in [0.4, 0.5) is 16.6 Å². The Hall–Kier alpha value is -2.86. The molecular weight excluding hydrogens is 322 g/mol. The Bertz CT molecular complexity index is 875. The van der Waals surface area contributed by atoms with E-state index in [4.69, 9.17) is 0 Å². The van der Waals surface area contributed by atoms with Crippen LogP contribution in [0.3, 0.4) is 0 Å². The van der Waals surface area contributed by atoms with Gasteiger partial charge in [-0.05, 0) is 29.8 Å². The normalized spacial score (nSPS) is 16.3. The lowest BCUT2D eigenvalue weighted by atomic mass is 9.91. The van der Waals surface area contributed by atoms with Crippen LogP contribution in [0, 0.1) is 0 Å². The lowest BCUT2D eigenvalue weighted by Gasteiger charge is -2.21. The summed E-state index contributed by atoms with van der Waals surface area (Å²) < 4.78 is 0. The Labute approximate surface area is 143 Å². The maximum Gasteiger partial charge on any atom is 0.226 e. The highest BCUT2D eigenvalue weighted by Gasteiger charge is 2.30. The molecule has 4 rings (SSSR count). The van der Waals surface area contributed by atoms with E-state index >= 15 is 0 Å². The van der Waals surface area contributed by atoms with Gasteiger partial charge in [0.2, 0.25) is 5.91 Å². The number of phenols is 1. The van der Waals surface area contributed by atoms with Crippen molar-refractivity contribution in [2.75, 3.05) is 10.6 Å². The Balaban J connectivity index is 1.68. The minimum atomic E-state index is -0.0443. The zero-order valence-corrected chi connectivity index (χ0v) is 13.5. The van der Waals surface area contributed by atoms with E-state index in [1.165, 1.54) is 11.3 Å². The first-order valence-corrected chi connectivity index (χ1v) is 8.42. The number of amides is 1. The van der Waals surface area contributed by atoms with Gasteiger partial charge in [-0.3, -0.25) is 4.79 Å². The molecule has 5 nitrogen and oxygen atoms in total. The minimum absolute atomic E-state index is 0.0434. The van der Waals surface area contributed by atoms with E-state index in [-0.39, 0.29) is 17.6 Å². The van der Waals surface area contributed by atoms with E-state index in [0.29, 0.717) is 12.2 Å².